The molecule has 0 aliphatic heterocycles. The number of thiophene rings is 1. The van der Waals surface area contributed by atoms with Gasteiger partial charge in [-0.15, -0.1) is 11.3 Å². The first-order chi connectivity index (χ1) is 8.65. The highest BCUT2D eigenvalue weighted by Crippen LogP contribution is 2.18. The monoisotopic (exact) mass is 259 g/mol. The van der Waals surface area contributed by atoms with Crippen LogP contribution >= 0.6 is 11.3 Å². The van der Waals surface area contributed by atoms with Gasteiger partial charge in [-0.05, 0) is 30.9 Å². The first kappa shape index (κ1) is 12.8. The summed E-state index contributed by atoms with van der Waals surface area (Å²) in [6, 6.07) is 12.2. The van der Waals surface area contributed by atoms with Crippen LogP contribution in [0.2, 0.25) is 0 Å². The van der Waals surface area contributed by atoms with Crippen molar-refractivity contribution in [3.63, 3.8) is 0 Å². The van der Waals surface area contributed by atoms with Crippen LogP contribution in [0, 0.1) is 6.92 Å². The van der Waals surface area contributed by atoms with Crippen LogP contribution in [-0.4, -0.2) is 5.91 Å². The van der Waals surface area contributed by atoms with Crippen molar-refractivity contribution in [1.29, 1.82) is 0 Å². The zero-order valence-electron chi connectivity index (χ0n) is 10.6. The molecule has 3 heteroatoms. The zero-order valence-corrected chi connectivity index (χ0v) is 11.5. The van der Waals surface area contributed by atoms with Crippen LogP contribution in [0.25, 0.3) is 0 Å². The molecule has 0 spiro atoms. The third-order valence-electron chi connectivity index (χ3n) is 2.83. The van der Waals surface area contributed by atoms with Gasteiger partial charge >= 0.3 is 0 Å². The van der Waals surface area contributed by atoms with Gasteiger partial charge in [0, 0.05) is 4.88 Å². The predicted octanol–water partition coefficient (Wildman–Crippen LogP) is 3.48. The van der Waals surface area contributed by atoms with E-state index in [-0.39, 0.29) is 11.9 Å². The van der Waals surface area contributed by atoms with Crippen molar-refractivity contribution >= 4 is 17.2 Å². The molecule has 0 bridgehead atoms. The highest BCUT2D eigenvalue weighted by atomic mass is 32.1. The van der Waals surface area contributed by atoms with Crippen molar-refractivity contribution in [1.82, 2.24) is 5.32 Å². The van der Waals surface area contributed by atoms with Crippen LogP contribution in [0.1, 0.15) is 29.0 Å². The normalized spacial score (nSPS) is 12.1. The minimum absolute atomic E-state index is 0.0692. The van der Waals surface area contributed by atoms with Crippen LogP contribution in [0.4, 0.5) is 0 Å². The van der Waals surface area contributed by atoms with E-state index in [9.17, 15) is 4.79 Å². The number of carbonyl (C=O) groups excluding carboxylic acids is 1. The Bertz CT molecular complexity index is 502. The van der Waals surface area contributed by atoms with Gasteiger partial charge in [0.25, 0.3) is 0 Å². The summed E-state index contributed by atoms with van der Waals surface area (Å²) < 4.78 is 0. The number of nitrogens with one attached hydrogen (secondary N) is 1. The van der Waals surface area contributed by atoms with Gasteiger partial charge in [0.15, 0.2) is 0 Å². The molecule has 1 N–H and O–H groups in total. The van der Waals surface area contributed by atoms with E-state index in [4.69, 9.17) is 0 Å². The quantitative estimate of drug-likeness (QED) is 0.895. The van der Waals surface area contributed by atoms with E-state index in [0.29, 0.717) is 6.42 Å². The Balaban J connectivity index is 1.91. The topological polar surface area (TPSA) is 29.1 Å². The van der Waals surface area contributed by atoms with Crippen molar-refractivity contribution < 1.29 is 4.79 Å². The average Bonchev–Trinajstić information content (AvgIpc) is 2.85. The molecule has 2 aromatic rings. The summed E-state index contributed by atoms with van der Waals surface area (Å²) in [6.45, 7) is 4.06. The second-order valence-corrected chi connectivity index (χ2v) is 5.45. The van der Waals surface area contributed by atoms with Gasteiger partial charge in [0.1, 0.15) is 0 Å². The lowest BCUT2D eigenvalue weighted by molar-refractivity contribution is -0.121. The highest BCUT2D eigenvalue weighted by molar-refractivity contribution is 7.10. The Morgan fingerprint density at radius 2 is 2.00 bits per heavy atom. The number of aryl methyl sites for hydroxylation is 1. The summed E-state index contributed by atoms with van der Waals surface area (Å²) in [5.74, 6) is 0.0692. The molecule has 0 aliphatic rings. The standard InChI is InChI=1S/C15H17NOS/c1-11-5-7-13(8-6-11)10-15(17)16-12(2)14-4-3-9-18-14/h3-9,12H,10H2,1-2H3,(H,16,17). The summed E-state index contributed by atoms with van der Waals surface area (Å²) in [7, 11) is 0. The van der Waals surface area contributed by atoms with E-state index in [1.54, 1.807) is 11.3 Å². The van der Waals surface area contributed by atoms with Crippen LogP contribution in [0.15, 0.2) is 41.8 Å². The van der Waals surface area contributed by atoms with Crippen LogP contribution in [0.5, 0.6) is 0 Å². The van der Waals surface area contributed by atoms with Gasteiger partial charge < -0.3 is 5.32 Å². The largest absolute Gasteiger partial charge is 0.348 e. The SMILES string of the molecule is Cc1ccc(CC(=O)NC(C)c2cccs2)cc1. The average molecular weight is 259 g/mol. The Kier molecular flexibility index (Phi) is 4.15. The van der Waals surface area contributed by atoms with E-state index in [1.807, 2.05) is 55.6 Å². The maximum atomic E-state index is 11.9. The molecule has 94 valence electrons. The summed E-state index contributed by atoms with van der Waals surface area (Å²) in [5, 5.41) is 5.04. The first-order valence-corrected chi connectivity index (χ1v) is 6.91. The van der Waals surface area contributed by atoms with Crippen molar-refractivity contribution in [3.05, 3.63) is 57.8 Å². The molecular weight excluding hydrogens is 242 g/mol. The lowest BCUT2D eigenvalue weighted by Crippen LogP contribution is -2.27. The molecule has 1 unspecified atom stereocenters. The third kappa shape index (κ3) is 3.44. The maximum Gasteiger partial charge on any atom is 0.224 e. The molecule has 1 atom stereocenters. The summed E-state index contributed by atoms with van der Waals surface area (Å²) in [6.07, 6.45) is 0.440. The van der Waals surface area contributed by atoms with Gasteiger partial charge in [0.05, 0.1) is 12.5 Å². The lowest BCUT2D eigenvalue weighted by atomic mass is 10.1. The second kappa shape index (κ2) is 5.83. The fourth-order valence-electron chi connectivity index (χ4n) is 1.79. The molecule has 2 nitrogen and oxygen atoms in total. The number of hydrogen-bond acceptors (Lipinski definition) is 2. The summed E-state index contributed by atoms with van der Waals surface area (Å²) >= 11 is 1.67. The van der Waals surface area contributed by atoms with Crippen molar-refractivity contribution in [2.45, 2.75) is 26.3 Å². The molecule has 0 saturated carbocycles. The smallest absolute Gasteiger partial charge is 0.224 e. The summed E-state index contributed by atoms with van der Waals surface area (Å²) in [4.78, 5) is 13.1. The Labute approximate surface area is 112 Å². The molecule has 1 aromatic carbocycles. The van der Waals surface area contributed by atoms with Gasteiger partial charge in [-0.2, -0.15) is 0 Å². The van der Waals surface area contributed by atoms with E-state index in [1.165, 1.54) is 10.4 Å². The van der Waals surface area contributed by atoms with Gasteiger partial charge in [-0.1, -0.05) is 35.9 Å². The Morgan fingerprint density at radius 3 is 2.61 bits per heavy atom. The van der Waals surface area contributed by atoms with E-state index in [2.05, 4.69) is 5.32 Å². The molecule has 18 heavy (non-hydrogen) atoms. The van der Waals surface area contributed by atoms with Crippen molar-refractivity contribution in [2.75, 3.05) is 0 Å². The molecule has 1 heterocycles. The van der Waals surface area contributed by atoms with Gasteiger partial charge in [-0.25, -0.2) is 0 Å². The molecule has 2 rings (SSSR count). The molecule has 1 amide bonds. The second-order valence-electron chi connectivity index (χ2n) is 4.47. The molecule has 1 aromatic heterocycles. The molecular formula is C15H17NOS. The molecule has 0 radical (unpaired) electrons. The van der Waals surface area contributed by atoms with Crippen LogP contribution in [0.3, 0.4) is 0 Å². The number of carbonyl (C=O) groups is 1. The fraction of sp³-hybridized carbons (Fsp3) is 0.267. The Hall–Kier alpha value is -1.61. The Morgan fingerprint density at radius 1 is 1.28 bits per heavy atom. The van der Waals surface area contributed by atoms with E-state index in [0.717, 1.165) is 5.56 Å². The van der Waals surface area contributed by atoms with E-state index < -0.39 is 0 Å². The predicted molar refractivity (Wildman–Crippen MR) is 75.8 cm³/mol. The first-order valence-electron chi connectivity index (χ1n) is 6.03. The lowest BCUT2D eigenvalue weighted by Gasteiger charge is -2.12. The molecule has 0 aliphatic carbocycles. The third-order valence-corrected chi connectivity index (χ3v) is 3.89. The number of amides is 1. The molecule has 0 fully saturated rings. The minimum atomic E-state index is 0.0692. The van der Waals surface area contributed by atoms with Gasteiger partial charge in [0.2, 0.25) is 5.91 Å². The number of benzene rings is 1. The fourth-order valence-corrected chi connectivity index (χ4v) is 2.53. The van der Waals surface area contributed by atoms with Crippen molar-refractivity contribution in [3.8, 4) is 0 Å². The van der Waals surface area contributed by atoms with Crippen LogP contribution in [-0.2, 0) is 11.2 Å². The molecule has 0 saturated heterocycles. The van der Waals surface area contributed by atoms with Gasteiger partial charge in [-0.3, -0.25) is 4.79 Å². The number of hydrogen-bond donors (Lipinski definition) is 1. The number of rotatable bonds is 4. The minimum Gasteiger partial charge on any atom is -0.348 e. The zero-order chi connectivity index (χ0) is 13.0. The summed E-state index contributed by atoms with van der Waals surface area (Å²) in [5.41, 5.74) is 2.27. The maximum absolute atomic E-state index is 11.9. The van der Waals surface area contributed by atoms with Crippen LogP contribution < -0.4 is 5.32 Å². The highest BCUT2D eigenvalue weighted by Gasteiger charge is 2.10. The van der Waals surface area contributed by atoms with E-state index >= 15 is 0 Å². The van der Waals surface area contributed by atoms with Crippen molar-refractivity contribution in [2.24, 2.45) is 0 Å².